The zero-order chi connectivity index (χ0) is 80.5. The average Bonchev–Trinajstić information content (AvgIpc) is 1.65. The number of hydrogen-bond donors (Lipinski definition) is 0. The third-order valence-electron chi connectivity index (χ3n) is 19.4. The second-order valence-electron chi connectivity index (χ2n) is 27.3. The Labute approximate surface area is 732 Å². The Bertz CT molecular complexity index is 6000. The van der Waals surface area contributed by atoms with E-state index >= 15 is 0 Å². The maximum absolute atomic E-state index is 5.27. The summed E-state index contributed by atoms with van der Waals surface area (Å²) in [6, 6.07) is 142. The number of nitrogens with zero attached hydrogens (tertiary/aromatic N) is 10. The van der Waals surface area contributed by atoms with Crippen LogP contribution < -0.4 is 0 Å². The molecule has 20 aromatic rings. The molecule has 20 rings (SSSR count). The average molecular weight is 1930 g/mol. The van der Waals surface area contributed by atoms with Crippen LogP contribution in [0.4, 0.5) is 0 Å². The number of para-hydroxylation sites is 4. The van der Waals surface area contributed by atoms with Crippen molar-refractivity contribution in [2.75, 3.05) is 0 Å². The summed E-state index contributed by atoms with van der Waals surface area (Å²) >= 11 is 1.64. The van der Waals surface area contributed by atoms with Crippen molar-refractivity contribution in [2.24, 2.45) is 0 Å². The van der Waals surface area contributed by atoms with E-state index in [-0.39, 0.29) is 40.2 Å². The van der Waals surface area contributed by atoms with Crippen LogP contribution in [-0.2, 0) is 40.2 Å². The Balaban J connectivity index is 0.000000125. The van der Waals surface area contributed by atoms with Crippen molar-refractivity contribution >= 4 is 11.3 Å². The predicted molar refractivity (Wildman–Crippen MR) is 479 cm³/mol. The van der Waals surface area contributed by atoms with Gasteiger partial charge in [-0.05, 0) is 106 Å². The molecule has 0 spiro atoms. The largest absolute Gasteiger partial charge is 3.00 e. The van der Waals surface area contributed by atoms with Crippen LogP contribution in [0.25, 0.3) is 134 Å². The molecule has 0 radical (unpaired) electrons. The van der Waals surface area contributed by atoms with E-state index in [1.54, 1.807) is 23.8 Å². The zero-order valence-electron chi connectivity index (χ0n) is 66.2. The van der Waals surface area contributed by atoms with Gasteiger partial charge in [0.05, 0.1) is 36.2 Å². The summed E-state index contributed by atoms with van der Waals surface area (Å²) in [7, 11) is 0. The van der Waals surface area contributed by atoms with Crippen LogP contribution in [0, 0.1) is 64.1 Å². The molecule has 0 saturated carbocycles. The minimum Gasteiger partial charge on any atom is -0.489 e. The molecule has 0 unspecified atom stereocenters. The first-order chi connectivity index (χ1) is 58.2. The van der Waals surface area contributed by atoms with Gasteiger partial charge < -0.3 is 4.42 Å². The topological polar surface area (TPSA) is 110 Å². The molecular weight excluding hydrogens is 1850 g/mol. The smallest absolute Gasteiger partial charge is 0.489 e. The molecule has 0 aliphatic rings. The van der Waals surface area contributed by atoms with Crippen LogP contribution in [0.5, 0.6) is 0 Å². The number of rotatable bonds is 14. The molecule has 14 heteroatoms. The standard InChI is InChI=1S/2C21H15N2.2C17H15N2.C15H10NO.C15H10NS.2Ir/c2*1-3-7-17(8-4-1)18-11-13-19(14-12-18)20-15-22-23(16-20)21-9-5-2-6-10-21;2*1-13-17(15-9-5-3-6-10-15)14(2)19(18-13)16-11-7-4-8-12-16;2*1-2-5-12(6-3-1)13-7-4-8-14(11-13)15-16-9-10-17-15;;/h2*1-9,11-16H;2*3-11H,1-2H3;2*1-7,9-11H;;/q6*-1;2*+3. The summed E-state index contributed by atoms with van der Waals surface area (Å²) in [5.41, 5.74) is 29.1. The molecule has 0 fully saturated rings. The van der Waals surface area contributed by atoms with Crippen molar-refractivity contribution in [3.63, 3.8) is 0 Å². The van der Waals surface area contributed by atoms with Gasteiger partial charge in [0.1, 0.15) is 5.89 Å². The van der Waals surface area contributed by atoms with Gasteiger partial charge >= 0.3 is 40.2 Å². The van der Waals surface area contributed by atoms with Crippen LogP contribution in [0.15, 0.2) is 417 Å². The maximum atomic E-state index is 5.27. The summed E-state index contributed by atoms with van der Waals surface area (Å²) in [5, 5.41) is 21.1. The fourth-order valence-corrected chi connectivity index (χ4v) is 14.2. The zero-order valence-corrected chi connectivity index (χ0v) is 71.8. The second kappa shape index (κ2) is 42.3. The fraction of sp³-hybridized carbons (Fsp3) is 0.0377. The Hall–Kier alpha value is -13.9. The molecule has 14 aromatic carbocycles. The summed E-state index contributed by atoms with van der Waals surface area (Å²) in [6.07, 6.45) is 12.9. The SMILES string of the molecule is Cc1nn(-c2[c-]cccc2)c(C)c1-c1ccccc1.Cc1nn(-c2[c-]cccc2)c(C)c1-c1ccccc1.[Ir+3].[Ir+3].[c-]1ccc(-c2ccccc2)cc1-c1ncco1.[c-]1ccc(-c2ccccc2)cc1-c1nccs1.[c-]1ccccc1-n1cc(-c2ccc(-c3ccccc3)cc2)cn1.[c-]1ccccc1-n1cc(-c2ccc(-c3ccccc3)cc2)cn1. The van der Waals surface area contributed by atoms with Crippen molar-refractivity contribution < 1.29 is 44.6 Å². The van der Waals surface area contributed by atoms with E-state index in [0.717, 1.165) is 89.5 Å². The molecule has 0 aliphatic heterocycles. The van der Waals surface area contributed by atoms with Crippen LogP contribution in [0.2, 0.25) is 0 Å². The van der Waals surface area contributed by atoms with Crippen LogP contribution in [0.1, 0.15) is 22.8 Å². The minimum absolute atomic E-state index is 0. The predicted octanol–water partition coefficient (Wildman–Crippen LogP) is 26.0. The van der Waals surface area contributed by atoms with Crippen molar-refractivity contribution in [3.8, 4) is 134 Å². The van der Waals surface area contributed by atoms with Crippen LogP contribution in [0.3, 0.4) is 0 Å². The van der Waals surface area contributed by atoms with Gasteiger partial charge in [-0.15, -0.1) is 89.5 Å². The van der Waals surface area contributed by atoms with E-state index in [2.05, 4.69) is 289 Å². The molecule has 0 saturated heterocycles. The van der Waals surface area contributed by atoms with Crippen molar-refractivity contribution in [3.05, 3.63) is 472 Å². The van der Waals surface area contributed by atoms with Gasteiger partial charge in [0.25, 0.3) is 0 Å². The van der Waals surface area contributed by atoms with Gasteiger partial charge in [-0.1, -0.05) is 236 Å². The first-order valence-corrected chi connectivity index (χ1v) is 39.6. The Kier molecular flexibility index (Phi) is 29.6. The summed E-state index contributed by atoms with van der Waals surface area (Å²) in [4.78, 5) is 8.43. The number of benzene rings is 14. The molecule has 0 N–H and O–H groups in total. The van der Waals surface area contributed by atoms with E-state index in [9.17, 15) is 0 Å². The first kappa shape index (κ1) is 84.0. The Morgan fingerprint density at radius 2 is 0.617 bits per heavy atom. The number of aryl methyl sites for hydroxylation is 2. The third kappa shape index (κ3) is 21.6. The van der Waals surface area contributed by atoms with E-state index < -0.39 is 0 Å². The molecule has 6 heterocycles. The monoisotopic (exact) mass is 1930 g/mol. The van der Waals surface area contributed by atoms with E-state index in [1.165, 1.54) is 61.2 Å². The van der Waals surface area contributed by atoms with Crippen LogP contribution >= 0.6 is 11.3 Å². The summed E-state index contributed by atoms with van der Waals surface area (Å²) in [5.74, 6) is 0.600. The number of oxazole rings is 1. The molecule has 6 aromatic heterocycles. The third-order valence-corrected chi connectivity index (χ3v) is 20.2. The van der Waals surface area contributed by atoms with Gasteiger partial charge in [0.2, 0.25) is 0 Å². The molecule has 0 aliphatic carbocycles. The molecule has 0 atom stereocenters. The number of thiazole rings is 1. The first-order valence-electron chi connectivity index (χ1n) is 38.7. The van der Waals surface area contributed by atoms with Gasteiger partial charge in [-0.3, -0.25) is 28.7 Å². The molecule has 120 heavy (non-hydrogen) atoms. The molecule has 584 valence electrons. The van der Waals surface area contributed by atoms with Gasteiger partial charge in [0.15, 0.2) is 0 Å². The van der Waals surface area contributed by atoms with Gasteiger partial charge in [0, 0.05) is 62.6 Å². The molecular formula is C106H80Ir2N10OS. The van der Waals surface area contributed by atoms with Gasteiger partial charge in [-0.25, -0.2) is 0 Å². The van der Waals surface area contributed by atoms with Crippen molar-refractivity contribution in [1.29, 1.82) is 0 Å². The Morgan fingerprint density at radius 3 is 0.958 bits per heavy atom. The number of aromatic nitrogens is 10. The molecule has 0 amide bonds. The van der Waals surface area contributed by atoms with Crippen molar-refractivity contribution in [1.82, 2.24) is 49.1 Å². The molecule has 11 nitrogen and oxygen atoms in total. The van der Waals surface area contributed by atoms with E-state index in [1.807, 2.05) is 225 Å². The summed E-state index contributed by atoms with van der Waals surface area (Å²) < 4.78 is 12.9. The minimum atomic E-state index is 0. The summed E-state index contributed by atoms with van der Waals surface area (Å²) in [6.45, 7) is 8.30. The van der Waals surface area contributed by atoms with E-state index in [0.29, 0.717) is 5.89 Å². The quantitative estimate of drug-likeness (QED) is 0.0997. The normalized spacial score (nSPS) is 10.4. The second-order valence-corrected chi connectivity index (χ2v) is 28.2. The molecule has 0 bridgehead atoms. The van der Waals surface area contributed by atoms with Gasteiger partial charge in [-0.2, -0.15) is 129 Å². The number of hydrogen-bond acceptors (Lipinski definition) is 8. The Morgan fingerprint density at radius 1 is 0.292 bits per heavy atom. The van der Waals surface area contributed by atoms with Crippen LogP contribution in [-0.4, -0.2) is 49.1 Å². The van der Waals surface area contributed by atoms with E-state index in [4.69, 9.17) is 4.42 Å². The fourth-order valence-electron chi connectivity index (χ4n) is 13.6. The maximum Gasteiger partial charge on any atom is 3.00 e. The van der Waals surface area contributed by atoms with Crippen molar-refractivity contribution in [2.45, 2.75) is 27.7 Å².